The predicted octanol–water partition coefficient (Wildman–Crippen LogP) is 3.37. The molecule has 26 heavy (non-hydrogen) atoms. The Morgan fingerprint density at radius 2 is 2.27 bits per heavy atom. The Kier molecular flexibility index (Phi) is 7.75. The highest BCUT2D eigenvalue weighted by atomic mass is 127. The summed E-state index contributed by atoms with van der Waals surface area (Å²) in [6.07, 6.45) is 5.21. The van der Waals surface area contributed by atoms with Crippen LogP contribution in [0.4, 0.5) is 0 Å². The molecule has 1 unspecified atom stereocenters. The summed E-state index contributed by atoms with van der Waals surface area (Å²) in [7, 11) is 5.47. The van der Waals surface area contributed by atoms with Crippen molar-refractivity contribution < 1.29 is 4.74 Å². The second-order valence-electron chi connectivity index (χ2n) is 6.25. The van der Waals surface area contributed by atoms with Crippen LogP contribution in [0.1, 0.15) is 23.5 Å². The van der Waals surface area contributed by atoms with E-state index in [1.165, 1.54) is 11.1 Å². The maximum atomic E-state index is 5.28. The van der Waals surface area contributed by atoms with E-state index in [9.17, 15) is 0 Å². The summed E-state index contributed by atoms with van der Waals surface area (Å²) in [5, 5.41) is 7.75. The number of ether oxygens (including phenoxy) is 1. The molecule has 142 valence electrons. The van der Waals surface area contributed by atoms with Crippen molar-refractivity contribution >= 4 is 45.9 Å². The van der Waals surface area contributed by atoms with Crippen LogP contribution in [0.2, 0.25) is 0 Å². The topological polar surface area (TPSA) is 54.7 Å². The molecule has 0 bridgehead atoms. The standard InChI is InChI=1S/C18H24BrN5O.HI/c1-20-18(21-9-13-4-5-17(25-3)16(19)8-13)24-7-6-14(12-24)15-10-22-23(2)11-15;/h4-5,8,10-11,14H,6-7,9,12H2,1-3H3,(H,20,21);1H. The monoisotopic (exact) mass is 533 g/mol. The SMILES string of the molecule is CN=C(NCc1ccc(OC)c(Br)c1)N1CCC(c2cnn(C)c2)C1.I. The van der Waals surface area contributed by atoms with Crippen LogP contribution < -0.4 is 10.1 Å². The number of likely N-dealkylation sites (tertiary alicyclic amines) is 1. The van der Waals surface area contributed by atoms with Gasteiger partial charge < -0.3 is 15.0 Å². The van der Waals surface area contributed by atoms with Crippen LogP contribution in [0.15, 0.2) is 40.1 Å². The quantitative estimate of drug-likeness (QED) is 0.372. The number of rotatable bonds is 4. The molecule has 2 heterocycles. The van der Waals surface area contributed by atoms with Gasteiger partial charge in [0.25, 0.3) is 0 Å². The number of hydrogen-bond acceptors (Lipinski definition) is 3. The van der Waals surface area contributed by atoms with Gasteiger partial charge in [-0.05, 0) is 45.6 Å². The molecule has 1 atom stereocenters. The number of benzene rings is 1. The molecule has 8 heteroatoms. The van der Waals surface area contributed by atoms with Gasteiger partial charge in [0.05, 0.1) is 17.8 Å². The largest absolute Gasteiger partial charge is 0.496 e. The van der Waals surface area contributed by atoms with Crippen LogP contribution in [-0.2, 0) is 13.6 Å². The van der Waals surface area contributed by atoms with Crippen molar-refractivity contribution in [3.63, 3.8) is 0 Å². The maximum absolute atomic E-state index is 5.28. The number of nitrogens with one attached hydrogen (secondary N) is 1. The van der Waals surface area contributed by atoms with Crippen LogP contribution in [0.3, 0.4) is 0 Å². The maximum Gasteiger partial charge on any atom is 0.193 e. The number of methoxy groups -OCH3 is 1. The third-order valence-corrected chi connectivity index (χ3v) is 5.18. The fourth-order valence-electron chi connectivity index (χ4n) is 3.21. The van der Waals surface area contributed by atoms with Crippen LogP contribution in [0, 0.1) is 0 Å². The Morgan fingerprint density at radius 1 is 1.46 bits per heavy atom. The first-order chi connectivity index (χ1) is 12.1. The Balaban J connectivity index is 0.00000243. The molecule has 1 aliphatic heterocycles. The Morgan fingerprint density at radius 3 is 2.88 bits per heavy atom. The molecule has 1 aromatic carbocycles. The van der Waals surface area contributed by atoms with Crippen LogP contribution in [0.5, 0.6) is 5.75 Å². The van der Waals surface area contributed by atoms with Crippen molar-refractivity contribution in [2.75, 3.05) is 27.2 Å². The minimum Gasteiger partial charge on any atom is -0.496 e. The van der Waals surface area contributed by atoms with E-state index in [2.05, 4.69) is 54.6 Å². The van der Waals surface area contributed by atoms with Crippen molar-refractivity contribution in [2.45, 2.75) is 18.9 Å². The lowest BCUT2D eigenvalue weighted by atomic mass is 10.0. The van der Waals surface area contributed by atoms with Gasteiger partial charge in [0.15, 0.2) is 5.96 Å². The van der Waals surface area contributed by atoms with Gasteiger partial charge in [-0.3, -0.25) is 9.67 Å². The summed E-state index contributed by atoms with van der Waals surface area (Å²) >= 11 is 3.53. The predicted molar refractivity (Wildman–Crippen MR) is 118 cm³/mol. The molecule has 1 fully saturated rings. The average Bonchev–Trinajstić information content (AvgIpc) is 3.25. The van der Waals surface area contributed by atoms with E-state index in [-0.39, 0.29) is 24.0 Å². The van der Waals surface area contributed by atoms with Crippen molar-refractivity contribution in [3.8, 4) is 5.75 Å². The molecule has 1 N–H and O–H groups in total. The van der Waals surface area contributed by atoms with Crippen LogP contribution in [-0.4, -0.2) is 47.9 Å². The first-order valence-corrected chi connectivity index (χ1v) is 9.16. The summed E-state index contributed by atoms with van der Waals surface area (Å²) in [5.41, 5.74) is 2.48. The van der Waals surface area contributed by atoms with E-state index in [0.717, 1.165) is 42.2 Å². The molecule has 0 saturated carbocycles. The average molecular weight is 534 g/mol. The first-order valence-electron chi connectivity index (χ1n) is 8.37. The molecule has 1 saturated heterocycles. The lowest BCUT2D eigenvalue weighted by molar-refractivity contribution is 0.412. The number of hydrogen-bond donors (Lipinski definition) is 1. The highest BCUT2D eigenvalue weighted by Gasteiger charge is 2.26. The van der Waals surface area contributed by atoms with Crippen LogP contribution >= 0.6 is 39.9 Å². The first kappa shape index (κ1) is 21.0. The van der Waals surface area contributed by atoms with E-state index in [0.29, 0.717) is 5.92 Å². The van der Waals surface area contributed by atoms with Crippen LogP contribution in [0.25, 0.3) is 0 Å². The summed E-state index contributed by atoms with van der Waals surface area (Å²) in [6, 6.07) is 6.10. The summed E-state index contributed by atoms with van der Waals surface area (Å²) in [6.45, 7) is 2.70. The molecule has 0 spiro atoms. The smallest absolute Gasteiger partial charge is 0.193 e. The number of aryl methyl sites for hydroxylation is 1. The molecule has 3 rings (SSSR count). The van der Waals surface area contributed by atoms with Gasteiger partial charge in [0, 0.05) is 45.8 Å². The van der Waals surface area contributed by atoms with Gasteiger partial charge in [-0.2, -0.15) is 5.10 Å². The van der Waals surface area contributed by atoms with Gasteiger partial charge in [0.2, 0.25) is 0 Å². The van der Waals surface area contributed by atoms with Gasteiger partial charge in [-0.25, -0.2) is 0 Å². The molecule has 2 aromatic rings. The Hall–Kier alpha value is -1.29. The van der Waals surface area contributed by atoms with E-state index >= 15 is 0 Å². The lowest BCUT2D eigenvalue weighted by Crippen LogP contribution is -2.39. The molecule has 1 aromatic heterocycles. The molecule has 1 aliphatic rings. The highest BCUT2D eigenvalue weighted by molar-refractivity contribution is 14.0. The summed E-state index contributed by atoms with van der Waals surface area (Å²) in [5.74, 6) is 2.30. The van der Waals surface area contributed by atoms with Gasteiger partial charge in [-0.15, -0.1) is 24.0 Å². The zero-order valence-corrected chi connectivity index (χ0v) is 19.2. The van der Waals surface area contributed by atoms with Gasteiger partial charge in [-0.1, -0.05) is 6.07 Å². The Labute approximate surface area is 180 Å². The zero-order chi connectivity index (χ0) is 17.8. The summed E-state index contributed by atoms with van der Waals surface area (Å²) in [4.78, 5) is 6.76. The third kappa shape index (κ3) is 4.91. The molecule has 6 nitrogen and oxygen atoms in total. The third-order valence-electron chi connectivity index (χ3n) is 4.56. The minimum atomic E-state index is 0. The number of aromatic nitrogens is 2. The zero-order valence-electron chi connectivity index (χ0n) is 15.3. The van der Waals surface area contributed by atoms with Gasteiger partial charge >= 0.3 is 0 Å². The van der Waals surface area contributed by atoms with Crippen molar-refractivity contribution in [2.24, 2.45) is 12.0 Å². The van der Waals surface area contributed by atoms with E-state index < -0.39 is 0 Å². The van der Waals surface area contributed by atoms with E-state index in [4.69, 9.17) is 4.74 Å². The number of halogens is 2. The lowest BCUT2D eigenvalue weighted by Gasteiger charge is -2.21. The second kappa shape index (κ2) is 9.59. The highest BCUT2D eigenvalue weighted by Crippen LogP contribution is 2.27. The fourth-order valence-corrected chi connectivity index (χ4v) is 3.80. The minimum absolute atomic E-state index is 0. The Bertz CT molecular complexity index is 764. The molecule has 0 aliphatic carbocycles. The molecular weight excluding hydrogens is 509 g/mol. The molecular formula is C18H25BrIN5O. The molecule has 0 amide bonds. The molecule has 0 radical (unpaired) electrons. The van der Waals surface area contributed by atoms with E-state index in [1.54, 1.807) is 7.11 Å². The second-order valence-corrected chi connectivity index (χ2v) is 7.10. The van der Waals surface area contributed by atoms with E-state index in [1.807, 2.05) is 31.0 Å². The van der Waals surface area contributed by atoms with Crippen molar-refractivity contribution in [1.29, 1.82) is 0 Å². The normalized spacial score (nSPS) is 17.2. The number of aliphatic imine (C=N–C) groups is 1. The number of guanidine groups is 1. The van der Waals surface area contributed by atoms with Gasteiger partial charge in [0.1, 0.15) is 5.75 Å². The number of nitrogens with zero attached hydrogens (tertiary/aromatic N) is 4. The fraction of sp³-hybridized carbons (Fsp3) is 0.444. The summed E-state index contributed by atoms with van der Waals surface area (Å²) < 4.78 is 8.11. The van der Waals surface area contributed by atoms with Crippen molar-refractivity contribution in [3.05, 3.63) is 46.2 Å². The van der Waals surface area contributed by atoms with Crippen molar-refractivity contribution in [1.82, 2.24) is 20.0 Å².